The highest BCUT2D eigenvalue weighted by molar-refractivity contribution is 6.22. The fraction of sp³-hybridized carbons (Fsp3) is 0.158. The summed E-state index contributed by atoms with van der Waals surface area (Å²) in [6.45, 7) is 0.651. The van der Waals surface area contributed by atoms with E-state index in [9.17, 15) is 4.79 Å². The second kappa shape index (κ2) is 5.94. The summed E-state index contributed by atoms with van der Waals surface area (Å²) in [4.78, 5) is 20.0. The Balaban J connectivity index is 1.90. The van der Waals surface area contributed by atoms with E-state index in [-0.39, 0.29) is 12.5 Å². The minimum Gasteiger partial charge on any atom is -0.380 e. The molecule has 0 saturated heterocycles. The maximum Gasteiger partial charge on any atom is 0.246 e. The number of rotatable bonds is 3. The summed E-state index contributed by atoms with van der Waals surface area (Å²) in [6, 6.07) is 16.0. The molecule has 0 aliphatic carbocycles. The molecule has 1 amide bonds. The first-order valence-electron chi connectivity index (χ1n) is 7.80. The molecule has 5 heteroatoms. The first-order valence-corrected chi connectivity index (χ1v) is 7.80. The highest BCUT2D eigenvalue weighted by Gasteiger charge is 2.22. The van der Waals surface area contributed by atoms with E-state index < -0.39 is 0 Å². The van der Waals surface area contributed by atoms with Crippen molar-refractivity contribution in [3.05, 3.63) is 65.4 Å². The Morgan fingerprint density at radius 2 is 2.04 bits per heavy atom. The molecule has 3 aromatic rings. The topological polar surface area (TPSA) is 66.5 Å². The molecule has 1 aliphatic heterocycles. The molecule has 0 bridgehead atoms. The summed E-state index contributed by atoms with van der Waals surface area (Å²) in [5.74, 6) is -0.107. The summed E-state index contributed by atoms with van der Waals surface area (Å²) < 4.78 is 5.22. The predicted octanol–water partition coefficient (Wildman–Crippen LogP) is 3.10. The molecule has 1 aliphatic rings. The van der Waals surface area contributed by atoms with Crippen molar-refractivity contribution in [2.45, 2.75) is 6.61 Å². The largest absolute Gasteiger partial charge is 0.380 e. The second-order valence-corrected chi connectivity index (χ2v) is 5.77. The number of benzene rings is 2. The van der Waals surface area contributed by atoms with Crippen molar-refractivity contribution in [1.82, 2.24) is 4.98 Å². The summed E-state index contributed by atoms with van der Waals surface area (Å²) in [5.41, 5.74) is 5.44. The van der Waals surface area contributed by atoms with Crippen LogP contribution in [-0.4, -0.2) is 30.3 Å². The molecule has 2 aromatic carbocycles. The number of nitrogens with zero attached hydrogens (tertiary/aromatic N) is 1. The number of aromatic nitrogens is 1. The molecule has 24 heavy (non-hydrogen) atoms. The third-order valence-electron chi connectivity index (χ3n) is 4.10. The molecule has 1 aromatic heterocycles. The van der Waals surface area contributed by atoms with Crippen molar-refractivity contribution < 1.29 is 9.53 Å². The minimum absolute atomic E-state index is 0.107. The average molecular weight is 319 g/mol. The van der Waals surface area contributed by atoms with Crippen LogP contribution in [0.5, 0.6) is 0 Å². The van der Waals surface area contributed by atoms with Gasteiger partial charge in [0, 0.05) is 23.6 Å². The Labute approximate surface area is 139 Å². The zero-order valence-electron chi connectivity index (χ0n) is 13.3. The fourth-order valence-corrected chi connectivity index (χ4v) is 3.07. The summed E-state index contributed by atoms with van der Waals surface area (Å²) in [6.07, 6.45) is 0. The Kier molecular flexibility index (Phi) is 3.63. The summed E-state index contributed by atoms with van der Waals surface area (Å²) >= 11 is 0. The van der Waals surface area contributed by atoms with Gasteiger partial charge in [-0.2, -0.15) is 0 Å². The SMILES string of the molecule is COCc1cccc(C2=NCC(=O)Nc3c2[nH]c2ccccc32)c1. The molecule has 0 atom stereocenters. The Bertz CT molecular complexity index is 956. The van der Waals surface area contributed by atoms with Gasteiger partial charge in [0.05, 0.1) is 23.7 Å². The van der Waals surface area contributed by atoms with Crippen molar-refractivity contribution in [1.29, 1.82) is 0 Å². The van der Waals surface area contributed by atoms with Crippen molar-refractivity contribution in [3.8, 4) is 0 Å². The van der Waals surface area contributed by atoms with Crippen LogP contribution in [0.15, 0.2) is 53.5 Å². The first kappa shape index (κ1) is 14.7. The van der Waals surface area contributed by atoms with E-state index in [0.717, 1.165) is 39.1 Å². The van der Waals surface area contributed by atoms with E-state index >= 15 is 0 Å². The number of hydrogen-bond donors (Lipinski definition) is 2. The number of H-pyrrole nitrogens is 1. The number of hydrogen-bond acceptors (Lipinski definition) is 3. The van der Waals surface area contributed by atoms with Gasteiger partial charge in [0.15, 0.2) is 0 Å². The molecule has 0 spiro atoms. The lowest BCUT2D eigenvalue weighted by Gasteiger charge is -2.08. The van der Waals surface area contributed by atoms with E-state index in [4.69, 9.17) is 4.74 Å². The highest BCUT2D eigenvalue weighted by atomic mass is 16.5. The number of para-hydroxylation sites is 1. The van der Waals surface area contributed by atoms with Gasteiger partial charge in [0.25, 0.3) is 0 Å². The quantitative estimate of drug-likeness (QED) is 0.779. The monoisotopic (exact) mass is 319 g/mol. The van der Waals surface area contributed by atoms with E-state index in [2.05, 4.69) is 15.3 Å². The van der Waals surface area contributed by atoms with Gasteiger partial charge < -0.3 is 15.0 Å². The normalized spacial score (nSPS) is 14.0. The maximum absolute atomic E-state index is 12.1. The van der Waals surface area contributed by atoms with Crippen LogP contribution in [0.3, 0.4) is 0 Å². The van der Waals surface area contributed by atoms with Crippen molar-refractivity contribution in [2.75, 3.05) is 19.0 Å². The lowest BCUT2D eigenvalue weighted by molar-refractivity contribution is -0.114. The number of aliphatic imine (C=N–C) groups is 1. The van der Waals surface area contributed by atoms with Crippen LogP contribution in [0, 0.1) is 0 Å². The van der Waals surface area contributed by atoms with Gasteiger partial charge in [-0.15, -0.1) is 0 Å². The molecular formula is C19H17N3O2. The van der Waals surface area contributed by atoms with Gasteiger partial charge in [-0.25, -0.2) is 0 Å². The third-order valence-corrected chi connectivity index (χ3v) is 4.10. The zero-order valence-corrected chi connectivity index (χ0v) is 13.3. The summed E-state index contributed by atoms with van der Waals surface area (Å²) in [5, 5.41) is 3.96. The number of amides is 1. The zero-order chi connectivity index (χ0) is 16.5. The van der Waals surface area contributed by atoms with Crippen molar-refractivity contribution in [3.63, 3.8) is 0 Å². The number of carbonyl (C=O) groups is 1. The Morgan fingerprint density at radius 1 is 1.17 bits per heavy atom. The van der Waals surface area contributed by atoms with E-state index in [0.29, 0.717) is 6.61 Å². The molecule has 0 saturated carbocycles. The molecular weight excluding hydrogens is 302 g/mol. The van der Waals surface area contributed by atoms with Crippen LogP contribution < -0.4 is 5.32 Å². The molecule has 5 nitrogen and oxygen atoms in total. The smallest absolute Gasteiger partial charge is 0.246 e. The lowest BCUT2D eigenvalue weighted by atomic mass is 10.0. The number of aromatic amines is 1. The van der Waals surface area contributed by atoms with Crippen LogP contribution in [0.4, 0.5) is 5.69 Å². The number of ether oxygens (including phenoxy) is 1. The van der Waals surface area contributed by atoms with Crippen molar-refractivity contribution in [2.24, 2.45) is 4.99 Å². The molecule has 0 unspecified atom stereocenters. The van der Waals surface area contributed by atoms with Crippen LogP contribution in [-0.2, 0) is 16.1 Å². The van der Waals surface area contributed by atoms with Crippen LogP contribution in [0.25, 0.3) is 10.9 Å². The molecule has 120 valence electrons. The average Bonchev–Trinajstić information content (AvgIpc) is 2.85. The molecule has 0 fully saturated rings. The van der Waals surface area contributed by atoms with Gasteiger partial charge in [0.1, 0.15) is 6.54 Å². The molecule has 2 N–H and O–H groups in total. The number of carbonyl (C=O) groups excluding carboxylic acids is 1. The maximum atomic E-state index is 12.1. The van der Waals surface area contributed by atoms with Gasteiger partial charge in [-0.1, -0.05) is 36.4 Å². The standard InChI is InChI=1S/C19H17N3O2/c1-24-11-12-5-4-6-13(9-12)17-19-18(22-16(23)10-20-17)14-7-2-3-8-15(14)21-19/h2-9,21H,10-11H2,1H3,(H,22,23). The molecule has 0 radical (unpaired) electrons. The third kappa shape index (κ3) is 2.49. The fourth-order valence-electron chi connectivity index (χ4n) is 3.07. The molecule has 2 heterocycles. The minimum atomic E-state index is -0.107. The van der Waals surface area contributed by atoms with E-state index in [1.165, 1.54) is 0 Å². The number of fused-ring (bicyclic) bond motifs is 3. The van der Waals surface area contributed by atoms with Crippen molar-refractivity contribution >= 4 is 28.2 Å². The number of anilines is 1. The first-order chi connectivity index (χ1) is 11.8. The Morgan fingerprint density at radius 3 is 2.92 bits per heavy atom. The van der Waals surface area contributed by atoms with Crippen LogP contribution >= 0.6 is 0 Å². The van der Waals surface area contributed by atoms with E-state index in [1.807, 2.05) is 48.5 Å². The highest BCUT2D eigenvalue weighted by Crippen LogP contribution is 2.31. The van der Waals surface area contributed by atoms with E-state index in [1.54, 1.807) is 7.11 Å². The van der Waals surface area contributed by atoms with Gasteiger partial charge in [-0.3, -0.25) is 9.79 Å². The van der Waals surface area contributed by atoms with Crippen LogP contribution in [0.1, 0.15) is 16.8 Å². The number of methoxy groups -OCH3 is 1. The molecule has 4 rings (SSSR count). The predicted molar refractivity (Wildman–Crippen MR) is 94.6 cm³/mol. The van der Waals surface area contributed by atoms with Gasteiger partial charge in [0.2, 0.25) is 5.91 Å². The second-order valence-electron chi connectivity index (χ2n) is 5.77. The lowest BCUT2D eigenvalue weighted by Crippen LogP contribution is -2.13. The van der Waals surface area contributed by atoms with Gasteiger partial charge in [-0.05, 0) is 17.7 Å². The van der Waals surface area contributed by atoms with Crippen LogP contribution in [0.2, 0.25) is 0 Å². The summed E-state index contributed by atoms with van der Waals surface area (Å²) in [7, 11) is 1.67. The Hall–Kier alpha value is -2.92. The number of nitrogens with one attached hydrogen (secondary N) is 2. The van der Waals surface area contributed by atoms with Gasteiger partial charge >= 0.3 is 0 Å².